The second-order valence-corrected chi connectivity index (χ2v) is 7.89. The van der Waals surface area contributed by atoms with E-state index >= 15 is 0 Å². The Morgan fingerprint density at radius 1 is 0.611 bits per heavy atom. The zero-order valence-corrected chi connectivity index (χ0v) is 17.9. The molecule has 7 rings (SSSR count). The third-order valence-corrected chi connectivity index (χ3v) is 6.18. The van der Waals surface area contributed by atoms with E-state index in [-0.39, 0.29) is 45.2 Å². The molecule has 5 aromatic rings. The van der Waals surface area contributed by atoms with Crippen molar-refractivity contribution in [1.29, 1.82) is 21.0 Å². The van der Waals surface area contributed by atoms with E-state index in [2.05, 4.69) is 9.97 Å². The largest absolute Gasteiger partial charge is 0.437 e. The van der Waals surface area contributed by atoms with Crippen molar-refractivity contribution in [1.82, 2.24) is 19.9 Å². The van der Waals surface area contributed by atoms with E-state index in [1.54, 1.807) is 36.7 Å². The van der Waals surface area contributed by atoms with Gasteiger partial charge >= 0.3 is 0 Å². The number of aromatic nitrogens is 4. The van der Waals surface area contributed by atoms with Gasteiger partial charge in [-0.3, -0.25) is 0 Å². The second kappa shape index (κ2) is 6.71. The molecule has 0 aromatic carbocycles. The number of pyridine rings is 2. The van der Waals surface area contributed by atoms with Crippen LogP contribution >= 0.6 is 0 Å². The Morgan fingerprint density at radius 2 is 1.03 bits per heavy atom. The van der Waals surface area contributed by atoms with Crippen molar-refractivity contribution in [3.63, 3.8) is 0 Å². The van der Waals surface area contributed by atoms with Gasteiger partial charge in [-0.2, -0.15) is 21.0 Å². The highest BCUT2D eigenvalue weighted by Crippen LogP contribution is 2.54. The van der Waals surface area contributed by atoms with E-state index in [1.807, 2.05) is 24.3 Å². The summed E-state index contributed by atoms with van der Waals surface area (Å²) in [6.45, 7) is 0. The maximum absolute atomic E-state index is 9.71. The Balaban J connectivity index is 1.67. The molecule has 0 atom stereocenters. The Bertz CT molecular complexity index is 1910. The van der Waals surface area contributed by atoms with Gasteiger partial charge in [0.2, 0.25) is 11.4 Å². The molecule has 2 aliphatic carbocycles. The van der Waals surface area contributed by atoms with E-state index in [9.17, 15) is 21.0 Å². The van der Waals surface area contributed by atoms with Gasteiger partial charge in [-0.05, 0) is 24.3 Å². The molecule has 5 heterocycles. The van der Waals surface area contributed by atoms with Crippen LogP contribution in [0.3, 0.4) is 0 Å². The van der Waals surface area contributed by atoms with E-state index in [0.717, 1.165) is 0 Å². The van der Waals surface area contributed by atoms with Crippen LogP contribution in [0.2, 0.25) is 0 Å². The molecule has 0 radical (unpaired) electrons. The van der Waals surface area contributed by atoms with Crippen LogP contribution in [0.5, 0.6) is 0 Å². The van der Waals surface area contributed by atoms with Crippen molar-refractivity contribution in [3.05, 3.63) is 70.7 Å². The van der Waals surface area contributed by atoms with Crippen LogP contribution < -0.4 is 0 Å². The fraction of sp³-hybridized carbons (Fsp3) is 0. The monoisotopic (exact) mass is 462 g/mol. The Hall–Kier alpha value is -6.10. The topological polar surface area (TPSA) is 173 Å². The molecule has 2 aliphatic rings. The molecular formula is C26H6N8O2. The highest BCUT2D eigenvalue weighted by atomic mass is 16.3. The van der Waals surface area contributed by atoms with Crippen molar-refractivity contribution < 1.29 is 8.83 Å². The number of hydrogen-bond donors (Lipinski definition) is 0. The minimum Gasteiger partial charge on any atom is -0.437 e. The molecule has 0 amide bonds. The molecule has 0 fully saturated rings. The number of nitriles is 4. The van der Waals surface area contributed by atoms with Gasteiger partial charge in [0.25, 0.3) is 0 Å². The Morgan fingerprint density at radius 3 is 1.42 bits per heavy atom. The second-order valence-electron chi connectivity index (χ2n) is 7.89. The summed E-state index contributed by atoms with van der Waals surface area (Å²) in [4.78, 5) is 18.2. The molecule has 162 valence electrons. The Labute approximate surface area is 200 Å². The molecular weight excluding hydrogens is 456 g/mol. The average Bonchev–Trinajstić information content (AvgIpc) is 3.62. The predicted octanol–water partition coefficient (Wildman–Crippen LogP) is 4.42. The normalized spacial score (nSPS) is 12.2. The molecule has 0 N–H and O–H groups in total. The molecule has 0 bridgehead atoms. The summed E-state index contributed by atoms with van der Waals surface area (Å²) in [7, 11) is 0. The number of nitrogens with zero attached hydrogens (tertiary/aromatic N) is 8. The molecule has 5 aromatic heterocycles. The summed E-state index contributed by atoms with van der Waals surface area (Å²) in [6.07, 6.45) is 3.14. The van der Waals surface area contributed by atoms with Gasteiger partial charge < -0.3 is 8.83 Å². The lowest BCUT2D eigenvalue weighted by Gasteiger charge is -2.07. The summed E-state index contributed by atoms with van der Waals surface area (Å²) >= 11 is 0. The first-order chi connectivity index (χ1) is 17.7. The molecule has 0 aliphatic heterocycles. The molecule has 0 spiro atoms. The number of rotatable bonds is 0. The third-order valence-electron chi connectivity index (χ3n) is 6.18. The zero-order valence-electron chi connectivity index (χ0n) is 17.9. The summed E-state index contributed by atoms with van der Waals surface area (Å²) in [5.41, 5.74) is 3.03. The summed E-state index contributed by atoms with van der Waals surface area (Å²) in [5.74, 6) is 0.538. The SMILES string of the molecule is N#CC(C#N)=C1c2nc3c(nc2-c2c1oc1ncccc21)C(=C(C#N)C#N)c1oc2ncccc2c1-3. The van der Waals surface area contributed by atoms with Crippen molar-refractivity contribution in [2.24, 2.45) is 0 Å². The number of furan rings is 2. The van der Waals surface area contributed by atoms with Crippen LogP contribution in [0.4, 0.5) is 0 Å². The van der Waals surface area contributed by atoms with Crippen LogP contribution in [-0.4, -0.2) is 19.9 Å². The molecule has 10 heteroatoms. The van der Waals surface area contributed by atoms with Crippen LogP contribution in [-0.2, 0) is 0 Å². The van der Waals surface area contributed by atoms with Gasteiger partial charge in [0.05, 0.1) is 33.0 Å². The lowest BCUT2D eigenvalue weighted by molar-refractivity contribution is 0.591. The van der Waals surface area contributed by atoms with Gasteiger partial charge in [0.1, 0.15) is 58.2 Å². The molecule has 0 unspecified atom stereocenters. The van der Waals surface area contributed by atoms with Gasteiger partial charge in [0.15, 0.2) is 11.5 Å². The quantitative estimate of drug-likeness (QED) is 0.293. The van der Waals surface area contributed by atoms with E-state index in [4.69, 9.17) is 18.8 Å². The first-order valence-corrected chi connectivity index (χ1v) is 10.5. The highest BCUT2D eigenvalue weighted by molar-refractivity contribution is 6.13. The van der Waals surface area contributed by atoms with Gasteiger partial charge in [-0.1, -0.05) is 0 Å². The van der Waals surface area contributed by atoms with Crippen molar-refractivity contribution in [2.75, 3.05) is 0 Å². The maximum atomic E-state index is 9.71. The first kappa shape index (κ1) is 19.4. The van der Waals surface area contributed by atoms with Crippen molar-refractivity contribution in [3.8, 4) is 46.8 Å². The predicted molar refractivity (Wildman–Crippen MR) is 123 cm³/mol. The first-order valence-electron chi connectivity index (χ1n) is 10.5. The molecule has 0 saturated heterocycles. The van der Waals surface area contributed by atoms with Crippen molar-refractivity contribution in [2.45, 2.75) is 0 Å². The van der Waals surface area contributed by atoms with Crippen LogP contribution in [0.1, 0.15) is 22.9 Å². The Kier molecular flexibility index (Phi) is 3.61. The minimum absolute atomic E-state index is 0.189. The van der Waals surface area contributed by atoms with Crippen LogP contribution in [0, 0.1) is 45.3 Å². The lowest BCUT2D eigenvalue weighted by atomic mass is 10.1. The molecule has 36 heavy (non-hydrogen) atoms. The van der Waals surface area contributed by atoms with Crippen molar-refractivity contribution >= 4 is 33.3 Å². The van der Waals surface area contributed by atoms with E-state index < -0.39 is 0 Å². The standard InChI is InChI=1S/C26H6N8O2/c27-7-11(8-28)15-19-21(17-13-3-1-5-31-25(13)35-23(15)17)33-20-16(12(9-29)10-30)24-18(22(20)34-19)14-4-2-6-32-26(14)36-24/h1-6H. The maximum Gasteiger partial charge on any atom is 0.227 e. The summed E-state index contributed by atoms with van der Waals surface area (Å²) < 4.78 is 11.9. The number of hydrogen-bond acceptors (Lipinski definition) is 10. The average molecular weight is 462 g/mol. The van der Waals surface area contributed by atoms with Gasteiger partial charge in [-0.25, -0.2) is 19.9 Å². The smallest absolute Gasteiger partial charge is 0.227 e. The minimum atomic E-state index is -0.189. The fourth-order valence-electron chi connectivity index (χ4n) is 4.77. The number of fused-ring (bicyclic) bond motifs is 10. The van der Waals surface area contributed by atoms with Gasteiger partial charge in [-0.15, -0.1) is 0 Å². The molecule has 10 nitrogen and oxygen atoms in total. The van der Waals surface area contributed by atoms with Gasteiger partial charge in [0, 0.05) is 12.4 Å². The zero-order chi connectivity index (χ0) is 24.6. The molecule has 0 saturated carbocycles. The summed E-state index contributed by atoms with van der Waals surface area (Å²) in [5, 5.41) is 40.1. The summed E-state index contributed by atoms with van der Waals surface area (Å²) in [6, 6.07) is 14.7. The third kappa shape index (κ3) is 2.20. The van der Waals surface area contributed by atoms with E-state index in [1.165, 1.54) is 0 Å². The van der Waals surface area contributed by atoms with Crippen LogP contribution in [0.25, 0.3) is 55.9 Å². The highest BCUT2D eigenvalue weighted by Gasteiger charge is 2.41. The number of allylic oxidation sites excluding steroid dienone is 2. The van der Waals surface area contributed by atoms with E-state index in [0.29, 0.717) is 44.7 Å². The fourth-order valence-corrected chi connectivity index (χ4v) is 4.77. The lowest BCUT2D eigenvalue weighted by Crippen LogP contribution is -1.99. The van der Waals surface area contributed by atoms with Crippen LogP contribution in [0.15, 0.2) is 56.6 Å².